The van der Waals surface area contributed by atoms with Gasteiger partial charge in [0, 0.05) is 5.56 Å². The van der Waals surface area contributed by atoms with E-state index in [1.54, 1.807) is 25.1 Å². The first kappa shape index (κ1) is 12.2. The summed E-state index contributed by atoms with van der Waals surface area (Å²) in [7, 11) is 0. The van der Waals surface area contributed by atoms with Crippen molar-refractivity contribution in [2.75, 3.05) is 6.61 Å². The summed E-state index contributed by atoms with van der Waals surface area (Å²) in [5.41, 5.74) is 0.861. The van der Waals surface area contributed by atoms with E-state index in [2.05, 4.69) is 10.2 Å². The molecule has 2 aromatic rings. The number of esters is 1. The number of aromatic nitrogens is 2. The minimum absolute atomic E-state index is 0.255. The van der Waals surface area contributed by atoms with Crippen molar-refractivity contribution >= 4 is 5.97 Å². The fourth-order valence-electron chi connectivity index (χ4n) is 1.49. The summed E-state index contributed by atoms with van der Waals surface area (Å²) in [5.74, 6) is -0.905. The molecular weight excluding hydrogens is 235 g/mol. The van der Waals surface area contributed by atoms with Crippen LogP contribution in [0, 0.1) is 5.82 Å². The summed E-state index contributed by atoms with van der Waals surface area (Å²) in [6.07, 6.45) is 1.29. The van der Waals surface area contributed by atoms with Crippen LogP contribution in [0.4, 0.5) is 4.39 Å². The molecule has 0 atom stereocenters. The van der Waals surface area contributed by atoms with E-state index in [9.17, 15) is 9.18 Å². The molecule has 0 amide bonds. The summed E-state index contributed by atoms with van der Waals surface area (Å²) >= 11 is 0. The summed E-state index contributed by atoms with van der Waals surface area (Å²) in [4.78, 5) is 11.5. The van der Waals surface area contributed by atoms with Gasteiger partial charge >= 0.3 is 5.97 Å². The molecule has 0 unspecified atom stereocenters. The Morgan fingerprint density at radius 1 is 1.39 bits per heavy atom. The summed E-state index contributed by atoms with van der Waals surface area (Å²) in [5, 5.41) is 7.50. The first-order chi connectivity index (χ1) is 8.72. The van der Waals surface area contributed by atoms with Gasteiger partial charge in [0.1, 0.15) is 5.82 Å². The summed E-state index contributed by atoms with van der Waals surface area (Å²) in [6.45, 7) is 1.99. The van der Waals surface area contributed by atoms with Gasteiger partial charge in [-0.1, -0.05) is 12.1 Å². The Hall–Kier alpha value is -2.30. The van der Waals surface area contributed by atoms with Crippen LogP contribution < -0.4 is 0 Å². The van der Waals surface area contributed by atoms with Crippen LogP contribution in [0.25, 0.3) is 11.3 Å². The monoisotopic (exact) mass is 246 g/mol. The highest BCUT2D eigenvalue weighted by molar-refractivity contribution is 5.90. The molecule has 92 valence electrons. The first-order valence-corrected chi connectivity index (χ1v) is 5.47. The van der Waals surface area contributed by atoms with Crippen LogP contribution in [-0.4, -0.2) is 22.8 Å². The van der Waals surface area contributed by atoms with Gasteiger partial charge in [0.25, 0.3) is 0 Å². The highest BCUT2D eigenvalue weighted by Crippen LogP contribution is 2.20. The Kier molecular flexibility index (Phi) is 3.62. The third-order valence-corrected chi connectivity index (χ3v) is 2.32. The van der Waals surface area contributed by atoms with Crippen LogP contribution in [0.2, 0.25) is 0 Å². The lowest BCUT2D eigenvalue weighted by molar-refractivity contribution is 0.0525. The molecule has 0 fully saturated rings. The van der Waals surface area contributed by atoms with E-state index in [0.717, 1.165) is 0 Å². The van der Waals surface area contributed by atoms with Crippen LogP contribution >= 0.6 is 0 Å². The molecular formula is C13H11FN2O2. The standard InChI is InChI=1S/C13H11FN2O2/c1-2-18-13(17)9-7-12(16-15-8-9)10-5-3-4-6-11(10)14/h3-8H,2H2,1H3. The van der Waals surface area contributed by atoms with Crippen LogP contribution in [0.3, 0.4) is 0 Å². The van der Waals surface area contributed by atoms with Crippen molar-refractivity contribution in [3.63, 3.8) is 0 Å². The largest absolute Gasteiger partial charge is 0.462 e. The molecule has 0 bridgehead atoms. The second-order valence-corrected chi connectivity index (χ2v) is 3.53. The van der Waals surface area contributed by atoms with Crippen molar-refractivity contribution < 1.29 is 13.9 Å². The van der Waals surface area contributed by atoms with Gasteiger partial charge in [0.05, 0.1) is 24.1 Å². The second-order valence-electron chi connectivity index (χ2n) is 3.53. The summed E-state index contributed by atoms with van der Waals surface area (Å²) in [6, 6.07) is 7.64. The molecule has 0 saturated heterocycles. The zero-order valence-corrected chi connectivity index (χ0v) is 9.76. The van der Waals surface area contributed by atoms with Crippen molar-refractivity contribution in [3.8, 4) is 11.3 Å². The molecule has 18 heavy (non-hydrogen) atoms. The third-order valence-electron chi connectivity index (χ3n) is 2.32. The molecule has 0 aliphatic rings. The molecule has 4 nitrogen and oxygen atoms in total. The van der Waals surface area contributed by atoms with E-state index >= 15 is 0 Å². The predicted octanol–water partition coefficient (Wildman–Crippen LogP) is 2.46. The lowest BCUT2D eigenvalue weighted by Gasteiger charge is -2.04. The van der Waals surface area contributed by atoms with Gasteiger partial charge in [-0.25, -0.2) is 9.18 Å². The van der Waals surface area contributed by atoms with Crippen molar-refractivity contribution in [1.29, 1.82) is 0 Å². The maximum absolute atomic E-state index is 13.6. The quantitative estimate of drug-likeness (QED) is 0.780. The van der Waals surface area contributed by atoms with Gasteiger partial charge in [0.2, 0.25) is 0 Å². The molecule has 0 N–H and O–H groups in total. The second kappa shape index (κ2) is 5.35. The summed E-state index contributed by atoms with van der Waals surface area (Å²) < 4.78 is 18.4. The fraction of sp³-hybridized carbons (Fsp3) is 0.154. The van der Waals surface area contributed by atoms with Crippen LogP contribution in [0.1, 0.15) is 17.3 Å². The predicted molar refractivity (Wildman–Crippen MR) is 63.4 cm³/mol. The SMILES string of the molecule is CCOC(=O)c1cnnc(-c2ccccc2F)c1. The number of halogens is 1. The number of benzene rings is 1. The van der Waals surface area contributed by atoms with E-state index in [1.807, 2.05) is 0 Å². The number of rotatable bonds is 3. The van der Waals surface area contributed by atoms with Gasteiger partial charge in [-0.3, -0.25) is 0 Å². The van der Waals surface area contributed by atoms with Crippen LogP contribution in [-0.2, 0) is 4.74 Å². The van der Waals surface area contributed by atoms with E-state index in [4.69, 9.17) is 4.74 Å². The van der Waals surface area contributed by atoms with E-state index in [0.29, 0.717) is 11.3 Å². The highest BCUT2D eigenvalue weighted by atomic mass is 19.1. The molecule has 1 aromatic heterocycles. The minimum atomic E-state index is -0.495. The van der Waals surface area contributed by atoms with Gasteiger partial charge in [-0.15, -0.1) is 0 Å². The Bertz CT molecular complexity index is 572. The minimum Gasteiger partial charge on any atom is -0.462 e. The molecule has 0 aliphatic carbocycles. The Labute approximate surface area is 103 Å². The normalized spacial score (nSPS) is 10.1. The number of nitrogens with zero attached hydrogens (tertiary/aromatic N) is 2. The van der Waals surface area contributed by atoms with E-state index < -0.39 is 11.8 Å². The van der Waals surface area contributed by atoms with Crippen molar-refractivity contribution in [2.45, 2.75) is 6.92 Å². The molecule has 0 saturated carbocycles. The zero-order valence-electron chi connectivity index (χ0n) is 9.76. The Morgan fingerprint density at radius 2 is 2.17 bits per heavy atom. The van der Waals surface area contributed by atoms with E-state index in [1.165, 1.54) is 18.3 Å². The van der Waals surface area contributed by atoms with Gasteiger partial charge in [-0.2, -0.15) is 10.2 Å². The lowest BCUT2D eigenvalue weighted by Crippen LogP contribution is -2.06. The molecule has 1 heterocycles. The average molecular weight is 246 g/mol. The third kappa shape index (κ3) is 2.51. The van der Waals surface area contributed by atoms with Gasteiger partial charge < -0.3 is 4.74 Å². The molecule has 0 spiro atoms. The molecule has 0 radical (unpaired) electrons. The van der Waals surface area contributed by atoms with Crippen molar-refractivity contribution in [1.82, 2.24) is 10.2 Å². The van der Waals surface area contributed by atoms with Gasteiger partial charge in [0.15, 0.2) is 0 Å². The topological polar surface area (TPSA) is 52.1 Å². The molecule has 5 heteroatoms. The maximum atomic E-state index is 13.6. The van der Waals surface area contributed by atoms with E-state index in [-0.39, 0.29) is 12.2 Å². The number of ether oxygens (including phenoxy) is 1. The molecule has 0 aliphatic heterocycles. The number of hydrogen-bond donors (Lipinski definition) is 0. The van der Waals surface area contributed by atoms with Crippen LogP contribution in [0.15, 0.2) is 36.5 Å². The Balaban J connectivity index is 2.39. The van der Waals surface area contributed by atoms with Gasteiger partial charge in [-0.05, 0) is 25.1 Å². The molecule has 1 aromatic carbocycles. The fourth-order valence-corrected chi connectivity index (χ4v) is 1.49. The van der Waals surface area contributed by atoms with Crippen LogP contribution in [0.5, 0.6) is 0 Å². The van der Waals surface area contributed by atoms with Crippen molar-refractivity contribution in [3.05, 3.63) is 47.9 Å². The zero-order chi connectivity index (χ0) is 13.0. The average Bonchev–Trinajstić information content (AvgIpc) is 2.40. The molecule has 2 rings (SSSR count). The maximum Gasteiger partial charge on any atom is 0.339 e. The number of carbonyl (C=O) groups is 1. The first-order valence-electron chi connectivity index (χ1n) is 5.47. The lowest BCUT2D eigenvalue weighted by atomic mass is 10.1. The van der Waals surface area contributed by atoms with Crippen molar-refractivity contribution in [2.24, 2.45) is 0 Å². The smallest absolute Gasteiger partial charge is 0.339 e. The Morgan fingerprint density at radius 3 is 2.89 bits per heavy atom. The highest BCUT2D eigenvalue weighted by Gasteiger charge is 2.11. The number of carbonyl (C=O) groups excluding carboxylic acids is 1. The number of hydrogen-bond acceptors (Lipinski definition) is 4.